The number of anilines is 1. The molecule has 0 saturated carbocycles. The molecule has 1 amide bonds. The maximum atomic E-state index is 12.7. The van der Waals surface area contributed by atoms with E-state index < -0.39 is 11.5 Å². The van der Waals surface area contributed by atoms with Crippen molar-refractivity contribution in [2.45, 2.75) is 13.8 Å². The molecule has 0 bridgehead atoms. The summed E-state index contributed by atoms with van der Waals surface area (Å²) in [5.41, 5.74) is 3.93. The Morgan fingerprint density at radius 2 is 1.62 bits per heavy atom. The van der Waals surface area contributed by atoms with Crippen LogP contribution in [0.5, 0.6) is 0 Å². The number of rotatable bonds is 3. The molecular weight excluding hydrogens is 300 g/mol. The molecule has 120 valence electrons. The lowest BCUT2D eigenvalue weighted by atomic mass is 10.0. The minimum atomic E-state index is -0.416. The van der Waals surface area contributed by atoms with Gasteiger partial charge in [0.2, 0.25) is 0 Å². The molecule has 0 saturated heterocycles. The van der Waals surface area contributed by atoms with Crippen LogP contribution < -0.4 is 10.9 Å². The van der Waals surface area contributed by atoms with E-state index in [2.05, 4.69) is 10.3 Å². The van der Waals surface area contributed by atoms with E-state index in [4.69, 9.17) is 0 Å². The van der Waals surface area contributed by atoms with Crippen LogP contribution in [0.2, 0.25) is 0 Å². The van der Waals surface area contributed by atoms with Crippen LogP contribution in [0.25, 0.3) is 11.1 Å². The Labute approximate surface area is 140 Å². The Hall–Kier alpha value is -3.14. The highest BCUT2D eigenvalue weighted by Crippen LogP contribution is 2.22. The van der Waals surface area contributed by atoms with Gasteiger partial charge in [-0.2, -0.15) is 0 Å². The number of aromatic nitrogens is 1. The maximum absolute atomic E-state index is 12.7. The Balaban J connectivity index is 2.03. The summed E-state index contributed by atoms with van der Waals surface area (Å²) in [7, 11) is 0. The van der Waals surface area contributed by atoms with Gasteiger partial charge in [0, 0.05) is 17.4 Å². The molecule has 1 heterocycles. The van der Waals surface area contributed by atoms with Gasteiger partial charge in [0.05, 0.1) is 0 Å². The molecular formula is C20H18N2O2. The van der Waals surface area contributed by atoms with Gasteiger partial charge >= 0.3 is 0 Å². The average Bonchev–Trinajstić information content (AvgIpc) is 2.54. The zero-order valence-corrected chi connectivity index (χ0v) is 13.6. The van der Waals surface area contributed by atoms with Crippen molar-refractivity contribution in [3.05, 3.63) is 87.8 Å². The second-order valence-electron chi connectivity index (χ2n) is 5.79. The second kappa shape index (κ2) is 6.54. The SMILES string of the molecule is Cc1cc(C)cc(NC(=O)c2c(-c3ccccc3)cc[nH]c2=O)c1. The number of hydrogen-bond acceptors (Lipinski definition) is 2. The minimum Gasteiger partial charge on any atom is -0.328 e. The fourth-order valence-electron chi connectivity index (χ4n) is 2.80. The Kier molecular flexibility index (Phi) is 4.29. The molecule has 4 heteroatoms. The van der Waals surface area contributed by atoms with Crippen molar-refractivity contribution in [2.75, 3.05) is 5.32 Å². The first kappa shape index (κ1) is 15.7. The lowest BCUT2D eigenvalue weighted by Crippen LogP contribution is -2.24. The zero-order chi connectivity index (χ0) is 17.1. The van der Waals surface area contributed by atoms with Crippen molar-refractivity contribution >= 4 is 11.6 Å². The minimum absolute atomic E-state index is 0.114. The van der Waals surface area contributed by atoms with Gasteiger partial charge in [0.25, 0.3) is 11.5 Å². The number of hydrogen-bond donors (Lipinski definition) is 2. The van der Waals surface area contributed by atoms with Gasteiger partial charge in [-0.15, -0.1) is 0 Å². The zero-order valence-electron chi connectivity index (χ0n) is 13.6. The maximum Gasteiger partial charge on any atom is 0.261 e. The lowest BCUT2D eigenvalue weighted by molar-refractivity contribution is 0.102. The lowest BCUT2D eigenvalue weighted by Gasteiger charge is -2.10. The van der Waals surface area contributed by atoms with Gasteiger partial charge < -0.3 is 10.3 Å². The number of carbonyl (C=O) groups excluding carboxylic acids is 1. The van der Waals surface area contributed by atoms with Crippen LogP contribution >= 0.6 is 0 Å². The Bertz CT molecular complexity index is 923. The number of carbonyl (C=O) groups is 1. The first-order chi connectivity index (χ1) is 11.5. The molecule has 3 rings (SSSR count). The molecule has 24 heavy (non-hydrogen) atoms. The fraction of sp³-hybridized carbons (Fsp3) is 0.100. The first-order valence-electron chi connectivity index (χ1n) is 7.71. The van der Waals surface area contributed by atoms with Crippen molar-refractivity contribution in [1.82, 2.24) is 4.98 Å². The highest BCUT2D eigenvalue weighted by Gasteiger charge is 2.17. The summed E-state index contributed by atoms with van der Waals surface area (Å²) in [6.07, 6.45) is 1.55. The summed E-state index contributed by atoms with van der Waals surface area (Å²) in [6, 6.07) is 16.9. The molecule has 2 N–H and O–H groups in total. The largest absolute Gasteiger partial charge is 0.328 e. The van der Waals surface area contributed by atoms with Gasteiger partial charge in [-0.1, -0.05) is 36.4 Å². The Morgan fingerprint density at radius 3 is 2.29 bits per heavy atom. The number of nitrogens with one attached hydrogen (secondary N) is 2. The van der Waals surface area contributed by atoms with E-state index in [0.29, 0.717) is 11.3 Å². The second-order valence-corrected chi connectivity index (χ2v) is 5.79. The smallest absolute Gasteiger partial charge is 0.261 e. The topological polar surface area (TPSA) is 62.0 Å². The summed E-state index contributed by atoms with van der Waals surface area (Å²) >= 11 is 0. The van der Waals surface area contributed by atoms with Crippen molar-refractivity contribution in [3.8, 4) is 11.1 Å². The van der Waals surface area contributed by atoms with Crippen LogP contribution in [0, 0.1) is 13.8 Å². The van der Waals surface area contributed by atoms with E-state index in [1.807, 2.05) is 62.4 Å². The quantitative estimate of drug-likeness (QED) is 0.769. The van der Waals surface area contributed by atoms with E-state index in [1.54, 1.807) is 12.3 Å². The van der Waals surface area contributed by atoms with Gasteiger partial charge in [0.1, 0.15) is 5.56 Å². The molecule has 0 radical (unpaired) electrons. The number of aryl methyl sites for hydroxylation is 2. The molecule has 0 fully saturated rings. The number of pyridine rings is 1. The van der Waals surface area contributed by atoms with Crippen molar-refractivity contribution in [2.24, 2.45) is 0 Å². The number of amides is 1. The van der Waals surface area contributed by atoms with E-state index in [0.717, 1.165) is 16.7 Å². The summed E-state index contributed by atoms with van der Waals surface area (Å²) in [5.74, 6) is -0.416. The molecule has 0 atom stereocenters. The van der Waals surface area contributed by atoms with E-state index in [-0.39, 0.29) is 5.56 Å². The molecule has 0 aliphatic rings. The normalized spacial score (nSPS) is 10.4. The Morgan fingerprint density at radius 1 is 0.958 bits per heavy atom. The van der Waals surface area contributed by atoms with Gasteiger partial charge in [0.15, 0.2) is 0 Å². The summed E-state index contributed by atoms with van der Waals surface area (Å²) in [6.45, 7) is 3.93. The van der Waals surface area contributed by atoms with Crippen LogP contribution in [0.3, 0.4) is 0 Å². The molecule has 3 aromatic rings. The fourth-order valence-corrected chi connectivity index (χ4v) is 2.80. The van der Waals surface area contributed by atoms with Crippen LogP contribution in [-0.2, 0) is 0 Å². The van der Waals surface area contributed by atoms with Crippen LogP contribution in [0.1, 0.15) is 21.5 Å². The molecule has 0 spiro atoms. The van der Waals surface area contributed by atoms with Crippen LogP contribution in [0.15, 0.2) is 65.6 Å². The first-order valence-corrected chi connectivity index (χ1v) is 7.71. The predicted molar refractivity (Wildman–Crippen MR) is 96.4 cm³/mol. The number of H-pyrrole nitrogens is 1. The molecule has 0 aliphatic heterocycles. The van der Waals surface area contributed by atoms with Crippen molar-refractivity contribution in [1.29, 1.82) is 0 Å². The molecule has 0 unspecified atom stereocenters. The van der Waals surface area contributed by atoms with Gasteiger partial charge in [-0.25, -0.2) is 0 Å². The predicted octanol–water partition coefficient (Wildman–Crippen LogP) is 3.91. The summed E-state index contributed by atoms with van der Waals surface area (Å²) in [5, 5.41) is 2.83. The van der Waals surface area contributed by atoms with Crippen molar-refractivity contribution < 1.29 is 4.79 Å². The third-order valence-corrected chi connectivity index (χ3v) is 3.75. The third kappa shape index (κ3) is 3.27. The van der Waals surface area contributed by atoms with Crippen LogP contribution in [0.4, 0.5) is 5.69 Å². The van der Waals surface area contributed by atoms with Gasteiger partial charge in [-0.05, 0) is 48.7 Å². The summed E-state index contributed by atoms with van der Waals surface area (Å²) < 4.78 is 0. The summed E-state index contributed by atoms with van der Waals surface area (Å²) in [4.78, 5) is 27.6. The monoisotopic (exact) mass is 318 g/mol. The number of benzene rings is 2. The van der Waals surface area contributed by atoms with E-state index in [1.165, 1.54) is 0 Å². The third-order valence-electron chi connectivity index (χ3n) is 3.75. The van der Waals surface area contributed by atoms with E-state index in [9.17, 15) is 9.59 Å². The average molecular weight is 318 g/mol. The van der Waals surface area contributed by atoms with Gasteiger partial charge in [-0.3, -0.25) is 9.59 Å². The number of aromatic amines is 1. The molecule has 4 nitrogen and oxygen atoms in total. The molecule has 0 aliphatic carbocycles. The molecule has 1 aromatic heterocycles. The highest BCUT2D eigenvalue weighted by molar-refractivity contribution is 6.08. The van der Waals surface area contributed by atoms with Crippen molar-refractivity contribution in [3.63, 3.8) is 0 Å². The molecule has 2 aromatic carbocycles. The van der Waals surface area contributed by atoms with Crippen LogP contribution in [-0.4, -0.2) is 10.9 Å². The van der Waals surface area contributed by atoms with E-state index >= 15 is 0 Å². The highest BCUT2D eigenvalue weighted by atomic mass is 16.2. The standard InChI is InChI=1S/C20H18N2O2/c1-13-10-14(2)12-16(11-13)22-20(24)18-17(8-9-21-19(18)23)15-6-4-3-5-7-15/h3-12H,1-2H3,(H,21,23)(H,22,24).